The number of benzene rings is 1. The minimum atomic E-state index is -4.30. The molecule has 2 nitrogen and oxygen atoms in total. The third kappa shape index (κ3) is 2.84. The molecule has 0 radical (unpaired) electrons. The normalized spacial score (nSPS) is 19.6. The number of halogens is 3. The molecule has 0 atom stereocenters. The lowest BCUT2D eigenvalue weighted by Gasteiger charge is -2.46. The maximum absolute atomic E-state index is 12.5. The van der Waals surface area contributed by atoms with E-state index in [-0.39, 0.29) is 0 Å². The quantitative estimate of drug-likeness (QED) is 0.902. The average molecular weight is 259 g/mol. The Balaban J connectivity index is 1.99. The van der Waals surface area contributed by atoms with E-state index in [0.29, 0.717) is 31.6 Å². The lowest BCUT2D eigenvalue weighted by molar-refractivity contribution is -0.137. The first-order valence-corrected chi connectivity index (χ1v) is 5.93. The van der Waals surface area contributed by atoms with Gasteiger partial charge in [0.15, 0.2) is 0 Å². The van der Waals surface area contributed by atoms with Gasteiger partial charge in [-0.05, 0) is 18.1 Å². The van der Waals surface area contributed by atoms with Crippen molar-refractivity contribution >= 4 is 0 Å². The van der Waals surface area contributed by atoms with Crippen LogP contribution in [0.3, 0.4) is 0 Å². The van der Waals surface area contributed by atoms with Crippen molar-refractivity contribution < 1.29 is 18.3 Å². The number of hydrogen-bond acceptors (Lipinski definition) is 2. The van der Waals surface area contributed by atoms with Crippen molar-refractivity contribution in [3.05, 3.63) is 35.4 Å². The molecule has 1 heterocycles. The van der Waals surface area contributed by atoms with Crippen LogP contribution < -0.4 is 0 Å². The summed E-state index contributed by atoms with van der Waals surface area (Å²) in [6, 6.07) is 5.34. The van der Waals surface area contributed by atoms with Crippen LogP contribution in [-0.2, 0) is 12.7 Å². The van der Waals surface area contributed by atoms with E-state index >= 15 is 0 Å². The zero-order valence-corrected chi connectivity index (χ0v) is 10.2. The van der Waals surface area contributed by atoms with E-state index in [4.69, 9.17) is 0 Å². The first kappa shape index (κ1) is 13.4. The van der Waals surface area contributed by atoms with Crippen LogP contribution in [0.5, 0.6) is 0 Å². The van der Waals surface area contributed by atoms with E-state index in [1.165, 1.54) is 12.1 Å². The van der Waals surface area contributed by atoms with Gasteiger partial charge in [-0.1, -0.05) is 25.1 Å². The Hall–Kier alpha value is -1.07. The highest BCUT2D eigenvalue weighted by Gasteiger charge is 2.39. The van der Waals surface area contributed by atoms with Gasteiger partial charge in [0.25, 0.3) is 0 Å². The summed E-state index contributed by atoms with van der Waals surface area (Å²) in [4.78, 5) is 1.94. The summed E-state index contributed by atoms with van der Waals surface area (Å²) in [6.07, 6.45) is -3.62. The predicted molar refractivity (Wildman–Crippen MR) is 62.0 cm³/mol. The smallest absolute Gasteiger partial charge is 0.387 e. The first-order valence-electron chi connectivity index (χ1n) is 5.93. The molecule has 5 heteroatoms. The molecule has 0 bridgehead atoms. The van der Waals surface area contributed by atoms with Gasteiger partial charge in [0.05, 0.1) is 11.2 Å². The first-order chi connectivity index (χ1) is 8.32. The highest BCUT2D eigenvalue weighted by molar-refractivity contribution is 5.26. The van der Waals surface area contributed by atoms with Crippen molar-refractivity contribution in [1.82, 2.24) is 4.90 Å². The molecular formula is C13H16F3NO. The molecule has 0 spiro atoms. The van der Waals surface area contributed by atoms with Crippen LogP contribution in [0.25, 0.3) is 0 Å². The average Bonchev–Trinajstić information content (AvgIpc) is 2.26. The maximum Gasteiger partial charge on any atom is 0.416 e. The van der Waals surface area contributed by atoms with Crippen molar-refractivity contribution in [1.29, 1.82) is 0 Å². The Morgan fingerprint density at radius 2 is 2.00 bits per heavy atom. The summed E-state index contributed by atoms with van der Waals surface area (Å²) < 4.78 is 37.6. The van der Waals surface area contributed by atoms with Gasteiger partial charge in [-0.15, -0.1) is 0 Å². The van der Waals surface area contributed by atoms with Crippen molar-refractivity contribution in [3.8, 4) is 0 Å². The molecular weight excluding hydrogens is 243 g/mol. The summed E-state index contributed by atoms with van der Waals surface area (Å²) >= 11 is 0. The molecule has 1 aromatic rings. The van der Waals surface area contributed by atoms with Crippen molar-refractivity contribution in [2.45, 2.75) is 31.7 Å². The zero-order valence-electron chi connectivity index (χ0n) is 10.2. The molecule has 1 N–H and O–H groups in total. The summed E-state index contributed by atoms with van der Waals surface area (Å²) in [6.45, 7) is 3.41. The van der Waals surface area contributed by atoms with Crippen molar-refractivity contribution in [2.75, 3.05) is 13.1 Å². The minimum Gasteiger partial charge on any atom is -0.387 e. The Morgan fingerprint density at radius 1 is 1.33 bits per heavy atom. The highest BCUT2D eigenvalue weighted by atomic mass is 19.4. The third-order valence-corrected chi connectivity index (χ3v) is 3.35. The van der Waals surface area contributed by atoms with Crippen molar-refractivity contribution in [2.24, 2.45) is 0 Å². The number of nitrogens with zero attached hydrogens (tertiary/aromatic N) is 1. The minimum absolute atomic E-state index is 0.451. The molecule has 0 amide bonds. The molecule has 0 saturated carbocycles. The fourth-order valence-electron chi connectivity index (χ4n) is 2.23. The van der Waals surface area contributed by atoms with Gasteiger partial charge in [-0.3, -0.25) is 4.90 Å². The molecule has 1 aliphatic heterocycles. The molecule has 1 aliphatic rings. The van der Waals surface area contributed by atoms with Crippen LogP contribution in [0.4, 0.5) is 13.2 Å². The molecule has 1 aromatic carbocycles. The van der Waals surface area contributed by atoms with Gasteiger partial charge in [0.1, 0.15) is 0 Å². The second-order valence-electron chi connectivity index (χ2n) is 4.92. The Labute approximate surface area is 104 Å². The topological polar surface area (TPSA) is 23.5 Å². The SMILES string of the molecule is CCC1(O)CN(Cc2cccc(C(F)(F)F)c2)C1. The van der Waals surface area contributed by atoms with E-state index in [1.807, 2.05) is 11.8 Å². The van der Waals surface area contributed by atoms with E-state index in [2.05, 4.69) is 0 Å². The molecule has 2 rings (SSSR count). The summed E-state index contributed by atoms with van der Waals surface area (Å²) in [5.74, 6) is 0. The fraction of sp³-hybridized carbons (Fsp3) is 0.538. The van der Waals surface area contributed by atoms with Crippen LogP contribution in [0, 0.1) is 0 Å². The lowest BCUT2D eigenvalue weighted by Crippen LogP contribution is -2.60. The maximum atomic E-state index is 12.5. The Kier molecular flexibility index (Phi) is 3.38. The number of β-amino-alcohol motifs (C(OH)–C–C–N with tert-alkyl or cyclic N) is 1. The molecule has 18 heavy (non-hydrogen) atoms. The second-order valence-corrected chi connectivity index (χ2v) is 4.92. The van der Waals surface area contributed by atoms with Gasteiger partial charge in [-0.2, -0.15) is 13.2 Å². The molecule has 0 unspecified atom stereocenters. The van der Waals surface area contributed by atoms with Crippen LogP contribution in [-0.4, -0.2) is 28.7 Å². The van der Waals surface area contributed by atoms with E-state index < -0.39 is 17.3 Å². The van der Waals surface area contributed by atoms with Crippen LogP contribution in [0.15, 0.2) is 24.3 Å². The predicted octanol–water partition coefficient (Wildman–Crippen LogP) is 2.66. The molecule has 100 valence electrons. The van der Waals surface area contributed by atoms with E-state index in [0.717, 1.165) is 6.07 Å². The standard InChI is InChI=1S/C13H16F3NO/c1-2-12(18)8-17(9-12)7-10-4-3-5-11(6-10)13(14,15)16/h3-6,18H,2,7-9H2,1H3. The Morgan fingerprint density at radius 3 is 2.56 bits per heavy atom. The van der Waals surface area contributed by atoms with Gasteiger partial charge in [-0.25, -0.2) is 0 Å². The second kappa shape index (κ2) is 4.55. The van der Waals surface area contributed by atoms with Gasteiger partial charge in [0.2, 0.25) is 0 Å². The molecule has 1 saturated heterocycles. The van der Waals surface area contributed by atoms with Gasteiger partial charge in [0, 0.05) is 19.6 Å². The summed E-state index contributed by atoms with van der Waals surface area (Å²) in [5.41, 5.74) is -0.643. The van der Waals surface area contributed by atoms with Gasteiger partial charge >= 0.3 is 6.18 Å². The number of aliphatic hydroxyl groups is 1. The number of likely N-dealkylation sites (tertiary alicyclic amines) is 1. The van der Waals surface area contributed by atoms with E-state index in [1.54, 1.807) is 6.07 Å². The van der Waals surface area contributed by atoms with Crippen LogP contribution >= 0.6 is 0 Å². The summed E-state index contributed by atoms with van der Waals surface area (Å²) in [5, 5.41) is 9.83. The fourth-order valence-corrected chi connectivity index (χ4v) is 2.23. The molecule has 0 aromatic heterocycles. The lowest BCUT2D eigenvalue weighted by atomic mass is 9.91. The third-order valence-electron chi connectivity index (χ3n) is 3.35. The zero-order chi connectivity index (χ0) is 13.4. The number of alkyl halides is 3. The molecule has 0 aliphatic carbocycles. The largest absolute Gasteiger partial charge is 0.416 e. The number of hydrogen-bond donors (Lipinski definition) is 1. The van der Waals surface area contributed by atoms with Crippen LogP contribution in [0.1, 0.15) is 24.5 Å². The monoisotopic (exact) mass is 259 g/mol. The highest BCUT2D eigenvalue weighted by Crippen LogP contribution is 2.31. The summed E-state index contributed by atoms with van der Waals surface area (Å²) in [7, 11) is 0. The number of rotatable bonds is 3. The van der Waals surface area contributed by atoms with E-state index in [9.17, 15) is 18.3 Å². The Bertz CT molecular complexity index is 424. The van der Waals surface area contributed by atoms with Crippen molar-refractivity contribution in [3.63, 3.8) is 0 Å². The van der Waals surface area contributed by atoms with Crippen LogP contribution in [0.2, 0.25) is 0 Å². The van der Waals surface area contributed by atoms with Gasteiger partial charge < -0.3 is 5.11 Å². The molecule has 1 fully saturated rings.